The van der Waals surface area contributed by atoms with Gasteiger partial charge in [-0.3, -0.25) is 4.79 Å². The number of H-pyrrole nitrogens is 1. The maximum atomic E-state index is 11.4. The van der Waals surface area contributed by atoms with Gasteiger partial charge in [0, 0.05) is 15.4 Å². The van der Waals surface area contributed by atoms with Crippen LogP contribution in [-0.4, -0.2) is 11.3 Å². The van der Waals surface area contributed by atoms with Crippen molar-refractivity contribution in [1.82, 2.24) is 4.98 Å². The van der Waals surface area contributed by atoms with Gasteiger partial charge in [-0.1, -0.05) is 35.9 Å². The number of benzene rings is 2. The molecule has 0 aliphatic rings. The molecule has 3 aromatic rings. The van der Waals surface area contributed by atoms with Crippen LogP contribution >= 0.6 is 15.9 Å². The first-order valence-corrected chi connectivity index (χ1v) is 6.82. The number of aldehydes is 1. The SMILES string of the molecule is Cc1cccc(-c2[nH]c3c(Br)cccc3c2C=O)c1. The number of carbonyl (C=O) groups excluding carboxylic acids is 1. The molecule has 0 spiro atoms. The fourth-order valence-corrected chi connectivity index (χ4v) is 2.82. The van der Waals surface area contributed by atoms with Crippen LogP contribution in [0.25, 0.3) is 22.2 Å². The first-order chi connectivity index (χ1) is 9.20. The Bertz CT molecular complexity index is 774. The Morgan fingerprint density at radius 3 is 2.68 bits per heavy atom. The molecule has 1 aromatic heterocycles. The number of rotatable bonds is 2. The van der Waals surface area contributed by atoms with Gasteiger partial charge in [0.15, 0.2) is 6.29 Å². The first-order valence-electron chi connectivity index (χ1n) is 6.03. The highest BCUT2D eigenvalue weighted by atomic mass is 79.9. The molecule has 0 aliphatic heterocycles. The Morgan fingerprint density at radius 1 is 1.16 bits per heavy atom. The number of carbonyl (C=O) groups is 1. The van der Waals surface area contributed by atoms with E-state index in [1.165, 1.54) is 5.56 Å². The van der Waals surface area contributed by atoms with Crippen molar-refractivity contribution in [2.24, 2.45) is 0 Å². The van der Waals surface area contributed by atoms with Gasteiger partial charge < -0.3 is 4.98 Å². The average Bonchev–Trinajstić information content (AvgIpc) is 2.79. The number of fused-ring (bicyclic) bond motifs is 1. The molecular weight excluding hydrogens is 302 g/mol. The Balaban J connectivity index is 2.35. The summed E-state index contributed by atoms with van der Waals surface area (Å²) in [5.41, 5.74) is 4.75. The normalized spacial score (nSPS) is 10.8. The Labute approximate surface area is 119 Å². The molecule has 1 heterocycles. The van der Waals surface area contributed by atoms with Crippen LogP contribution in [0.5, 0.6) is 0 Å². The van der Waals surface area contributed by atoms with E-state index in [9.17, 15) is 4.79 Å². The molecule has 3 rings (SSSR count). The highest BCUT2D eigenvalue weighted by Crippen LogP contribution is 2.32. The molecule has 0 unspecified atom stereocenters. The smallest absolute Gasteiger partial charge is 0.152 e. The van der Waals surface area contributed by atoms with Gasteiger partial charge in [0.2, 0.25) is 0 Å². The number of halogens is 1. The second kappa shape index (κ2) is 4.67. The van der Waals surface area contributed by atoms with Crippen LogP contribution in [0.4, 0.5) is 0 Å². The van der Waals surface area contributed by atoms with Crippen molar-refractivity contribution in [2.45, 2.75) is 6.92 Å². The molecule has 0 saturated heterocycles. The number of hydrogen-bond donors (Lipinski definition) is 1. The van der Waals surface area contributed by atoms with E-state index in [0.717, 1.165) is 32.9 Å². The predicted molar refractivity (Wildman–Crippen MR) is 81.6 cm³/mol. The number of hydrogen-bond acceptors (Lipinski definition) is 1. The number of para-hydroxylation sites is 1. The third-order valence-electron chi connectivity index (χ3n) is 3.25. The van der Waals surface area contributed by atoms with Crippen molar-refractivity contribution in [3.63, 3.8) is 0 Å². The molecule has 0 bridgehead atoms. The fourth-order valence-electron chi connectivity index (χ4n) is 2.35. The van der Waals surface area contributed by atoms with Crippen LogP contribution in [0.15, 0.2) is 46.9 Å². The summed E-state index contributed by atoms with van der Waals surface area (Å²) < 4.78 is 0.965. The molecule has 0 fully saturated rings. The first kappa shape index (κ1) is 12.2. The van der Waals surface area contributed by atoms with Crippen molar-refractivity contribution in [1.29, 1.82) is 0 Å². The van der Waals surface area contributed by atoms with Crippen LogP contribution in [0, 0.1) is 6.92 Å². The summed E-state index contributed by atoms with van der Waals surface area (Å²) in [5.74, 6) is 0. The average molecular weight is 314 g/mol. The van der Waals surface area contributed by atoms with Gasteiger partial charge in [0.05, 0.1) is 11.2 Å². The Kier molecular flexibility index (Phi) is 2.99. The van der Waals surface area contributed by atoms with Crippen molar-refractivity contribution >= 4 is 33.1 Å². The maximum absolute atomic E-state index is 11.4. The molecule has 2 aromatic carbocycles. The minimum atomic E-state index is 0.710. The summed E-state index contributed by atoms with van der Waals surface area (Å²) in [7, 11) is 0. The lowest BCUT2D eigenvalue weighted by atomic mass is 10.0. The van der Waals surface area contributed by atoms with Gasteiger partial charge >= 0.3 is 0 Å². The van der Waals surface area contributed by atoms with Gasteiger partial charge in [-0.25, -0.2) is 0 Å². The molecular formula is C16H12BrNO. The maximum Gasteiger partial charge on any atom is 0.152 e. The summed E-state index contributed by atoms with van der Waals surface area (Å²) in [4.78, 5) is 14.8. The molecule has 19 heavy (non-hydrogen) atoms. The minimum absolute atomic E-state index is 0.710. The summed E-state index contributed by atoms with van der Waals surface area (Å²) in [6.07, 6.45) is 0.920. The van der Waals surface area contributed by atoms with E-state index in [-0.39, 0.29) is 0 Å². The molecule has 0 aliphatic carbocycles. The van der Waals surface area contributed by atoms with Crippen molar-refractivity contribution in [3.8, 4) is 11.3 Å². The number of aromatic nitrogens is 1. The molecule has 0 atom stereocenters. The third-order valence-corrected chi connectivity index (χ3v) is 3.91. The van der Waals surface area contributed by atoms with E-state index in [1.54, 1.807) is 0 Å². The quantitative estimate of drug-likeness (QED) is 0.682. The topological polar surface area (TPSA) is 32.9 Å². The second-order valence-electron chi connectivity index (χ2n) is 4.56. The van der Waals surface area contributed by atoms with Crippen molar-refractivity contribution < 1.29 is 4.79 Å². The summed E-state index contributed by atoms with van der Waals surface area (Å²) in [5, 5.41) is 0.945. The van der Waals surface area contributed by atoms with E-state index < -0.39 is 0 Å². The standard InChI is InChI=1S/C16H12BrNO/c1-10-4-2-5-11(8-10)15-13(9-19)12-6-3-7-14(17)16(12)18-15/h2-9,18H,1H3. The van der Waals surface area contributed by atoms with E-state index in [2.05, 4.69) is 27.0 Å². The zero-order valence-corrected chi connectivity index (χ0v) is 12.0. The van der Waals surface area contributed by atoms with Gasteiger partial charge in [-0.15, -0.1) is 0 Å². The molecule has 0 saturated carbocycles. The second-order valence-corrected chi connectivity index (χ2v) is 5.42. The van der Waals surface area contributed by atoms with E-state index >= 15 is 0 Å². The van der Waals surface area contributed by atoms with Crippen molar-refractivity contribution in [2.75, 3.05) is 0 Å². The predicted octanol–water partition coefficient (Wildman–Crippen LogP) is 4.72. The molecule has 1 N–H and O–H groups in total. The third kappa shape index (κ3) is 2.00. The van der Waals surface area contributed by atoms with Crippen molar-refractivity contribution in [3.05, 3.63) is 58.1 Å². The fraction of sp³-hybridized carbons (Fsp3) is 0.0625. The molecule has 0 radical (unpaired) electrons. The van der Waals surface area contributed by atoms with E-state index in [0.29, 0.717) is 5.56 Å². The Hall–Kier alpha value is -1.87. The largest absolute Gasteiger partial charge is 0.353 e. The zero-order chi connectivity index (χ0) is 13.4. The van der Waals surface area contributed by atoms with Gasteiger partial charge in [0.1, 0.15) is 0 Å². The van der Waals surface area contributed by atoms with Crippen LogP contribution in [0.1, 0.15) is 15.9 Å². The minimum Gasteiger partial charge on any atom is -0.353 e. The van der Waals surface area contributed by atoms with Gasteiger partial charge in [-0.05, 0) is 40.5 Å². The van der Waals surface area contributed by atoms with Crippen LogP contribution < -0.4 is 0 Å². The van der Waals surface area contributed by atoms with E-state index in [4.69, 9.17) is 0 Å². The van der Waals surface area contributed by atoms with Crippen LogP contribution in [-0.2, 0) is 0 Å². The van der Waals surface area contributed by atoms with Crippen LogP contribution in [0.3, 0.4) is 0 Å². The lowest BCUT2D eigenvalue weighted by Gasteiger charge is -2.01. The highest BCUT2D eigenvalue weighted by Gasteiger charge is 2.13. The molecule has 94 valence electrons. The lowest BCUT2D eigenvalue weighted by molar-refractivity contribution is 0.112. The lowest BCUT2D eigenvalue weighted by Crippen LogP contribution is -1.85. The molecule has 3 heteroatoms. The monoisotopic (exact) mass is 313 g/mol. The summed E-state index contributed by atoms with van der Waals surface area (Å²) in [6.45, 7) is 2.04. The highest BCUT2D eigenvalue weighted by molar-refractivity contribution is 9.10. The van der Waals surface area contributed by atoms with Gasteiger partial charge in [-0.2, -0.15) is 0 Å². The van der Waals surface area contributed by atoms with Gasteiger partial charge in [0.25, 0.3) is 0 Å². The molecule has 2 nitrogen and oxygen atoms in total. The summed E-state index contributed by atoms with van der Waals surface area (Å²) in [6, 6.07) is 14.0. The Morgan fingerprint density at radius 2 is 1.95 bits per heavy atom. The number of aromatic amines is 1. The van der Waals surface area contributed by atoms with E-state index in [1.807, 2.05) is 43.3 Å². The number of aryl methyl sites for hydroxylation is 1. The van der Waals surface area contributed by atoms with Crippen LogP contribution in [0.2, 0.25) is 0 Å². The zero-order valence-electron chi connectivity index (χ0n) is 10.4. The molecule has 0 amide bonds. The summed E-state index contributed by atoms with van der Waals surface area (Å²) >= 11 is 3.51. The number of nitrogens with one attached hydrogen (secondary N) is 1.